The fourth-order valence-corrected chi connectivity index (χ4v) is 3.14. The Morgan fingerprint density at radius 3 is 2.13 bits per heavy atom. The van der Waals surface area contributed by atoms with Crippen molar-refractivity contribution in [1.82, 2.24) is 4.90 Å². The van der Waals surface area contributed by atoms with E-state index in [4.69, 9.17) is 23.7 Å². The van der Waals surface area contributed by atoms with E-state index in [-0.39, 0.29) is 24.4 Å². The Balaban J connectivity index is 1.89. The zero-order valence-corrected chi connectivity index (χ0v) is 17.6. The van der Waals surface area contributed by atoms with Crippen molar-refractivity contribution >= 4 is 23.9 Å². The summed E-state index contributed by atoms with van der Waals surface area (Å²) in [4.78, 5) is 37.4. The standard InChI is InChI=1S/C21H27NO8/c1-26-16-12-18(28-3)17(27-2)11-15(16)5-6-20(24)30-13-19(23)22-9-7-14(8-10-22)21(25)29-4/h5-6,11-12,14H,7-10,13H2,1-4H3/b6-5+. The average Bonchev–Trinajstić information content (AvgIpc) is 2.79. The number of ether oxygens (including phenoxy) is 5. The molecule has 0 unspecified atom stereocenters. The molecular formula is C21H27NO8. The number of benzene rings is 1. The van der Waals surface area contributed by atoms with Crippen molar-refractivity contribution in [2.75, 3.05) is 48.1 Å². The van der Waals surface area contributed by atoms with Gasteiger partial charge in [-0.2, -0.15) is 0 Å². The van der Waals surface area contributed by atoms with Gasteiger partial charge in [0.1, 0.15) is 5.75 Å². The number of nitrogens with zero attached hydrogens (tertiary/aromatic N) is 1. The highest BCUT2D eigenvalue weighted by Gasteiger charge is 2.28. The summed E-state index contributed by atoms with van der Waals surface area (Å²) in [6.07, 6.45) is 3.78. The number of rotatable bonds is 8. The summed E-state index contributed by atoms with van der Waals surface area (Å²) in [5, 5.41) is 0. The SMILES string of the molecule is COC(=O)C1CCN(C(=O)COC(=O)/C=C/c2cc(OC)c(OC)cc2OC)CC1. The highest BCUT2D eigenvalue weighted by Crippen LogP contribution is 2.35. The molecular weight excluding hydrogens is 394 g/mol. The van der Waals surface area contributed by atoms with Gasteiger partial charge in [0.05, 0.1) is 34.4 Å². The van der Waals surface area contributed by atoms with E-state index in [9.17, 15) is 14.4 Å². The molecule has 30 heavy (non-hydrogen) atoms. The first-order valence-corrected chi connectivity index (χ1v) is 9.43. The quantitative estimate of drug-likeness (QED) is 0.462. The lowest BCUT2D eigenvalue weighted by atomic mass is 9.97. The number of esters is 2. The molecule has 0 aromatic heterocycles. The van der Waals surface area contributed by atoms with Crippen LogP contribution in [0.25, 0.3) is 6.08 Å². The van der Waals surface area contributed by atoms with Crippen molar-refractivity contribution < 1.29 is 38.1 Å². The summed E-state index contributed by atoms with van der Waals surface area (Å²) in [6, 6.07) is 3.31. The average molecular weight is 421 g/mol. The highest BCUT2D eigenvalue weighted by atomic mass is 16.5. The van der Waals surface area contributed by atoms with E-state index in [1.165, 1.54) is 40.6 Å². The molecule has 2 rings (SSSR count). The molecule has 1 aromatic rings. The zero-order valence-electron chi connectivity index (χ0n) is 17.6. The third kappa shape index (κ3) is 5.88. The first-order chi connectivity index (χ1) is 14.4. The third-order valence-corrected chi connectivity index (χ3v) is 4.85. The predicted octanol–water partition coefficient (Wildman–Crippen LogP) is 1.68. The first kappa shape index (κ1) is 23.1. The van der Waals surface area contributed by atoms with Crippen molar-refractivity contribution in [2.24, 2.45) is 5.92 Å². The maximum Gasteiger partial charge on any atom is 0.331 e. The molecule has 0 radical (unpaired) electrons. The molecule has 1 aromatic carbocycles. The second-order valence-electron chi connectivity index (χ2n) is 6.57. The van der Waals surface area contributed by atoms with Crippen LogP contribution >= 0.6 is 0 Å². The van der Waals surface area contributed by atoms with Crippen LogP contribution in [0.15, 0.2) is 18.2 Å². The number of carbonyl (C=O) groups excluding carboxylic acids is 3. The van der Waals surface area contributed by atoms with E-state index in [0.717, 1.165) is 0 Å². The number of likely N-dealkylation sites (tertiary alicyclic amines) is 1. The van der Waals surface area contributed by atoms with Crippen molar-refractivity contribution in [1.29, 1.82) is 0 Å². The Morgan fingerprint density at radius 1 is 0.967 bits per heavy atom. The van der Waals surface area contributed by atoms with Crippen LogP contribution in [-0.4, -0.2) is 70.9 Å². The summed E-state index contributed by atoms with van der Waals surface area (Å²) in [7, 11) is 5.87. The maximum atomic E-state index is 12.2. The number of hydrogen-bond acceptors (Lipinski definition) is 8. The van der Waals surface area contributed by atoms with Crippen molar-refractivity contribution in [3.05, 3.63) is 23.8 Å². The van der Waals surface area contributed by atoms with Gasteiger partial charge in [0.2, 0.25) is 0 Å². The summed E-state index contributed by atoms with van der Waals surface area (Å²) in [5.41, 5.74) is 0.586. The molecule has 0 saturated carbocycles. The lowest BCUT2D eigenvalue weighted by Gasteiger charge is -2.30. The minimum absolute atomic E-state index is 0.194. The van der Waals surface area contributed by atoms with Gasteiger partial charge in [0.15, 0.2) is 18.1 Å². The lowest BCUT2D eigenvalue weighted by molar-refractivity contribution is -0.151. The van der Waals surface area contributed by atoms with Crippen molar-refractivity contribution in [3.63, 3.8) is 0 Å². The van der Waals surface area contributed by atoms with Crippen LogP contribution in [0.5, 0.6) is 17.2 Å². The van der Waals surface area contributed by atoms with Gasteiger partial charge in [-0.1, -0.05) is 0 Å². The Morgan fingerprint density at radius 2 is 1.57 bits per heavy atom. The third-order valence-electron chi connectivity index (χ3n) is 4.85. The molecule has 0 atom stereocenters. The monoisotopic (exact) mass is 421 g/mol. The molecule has 164 valence electrons. The second-order valence-corrected chi connectivity index (χ2v) is 6.57. The second kappa shape index (κ2) is 11.1. The van der Waals surface area contributed by atoms with Crippen LogP contribution in [0, 0.1) is 5.92 Å². The minimum atomic E-state index is -0.662. The van der Waals surface area contributed by atoms with Crippen LogP contribution in [0.1, 0.15) is 18.4 Å². The van der Waals surface area contributed by atoms with Gasteiger partial charge in [0, 0.05) is 30.8 Å². The van der Waals surface area contributed by atoms with Crippen LogP contribution in [-0.2, 0) is 23.9 Å². The number of amides is 1. The molecule has 0 bridgehead atoms. The van der Waals surface area contributed by atoms with Gasteiger partial charge in [0.25, 0.3) is 5.91 Å². The Bertz CT molecular complexity index is 796. The lowest BCUT2D eigenvalue weighted by Crippen LogP contribution is -2.42. The number of methoxy groups -OCH3 is 4. The van der Waals surface area contributed by atoms with Crippen LogP contribution in [0.2, 0.25) is 0 Å². The van der Waals surface area contributed by atoms with Gasteiger partial charge >= 0.3 is 11.9 Å². The van der Waals surface area contributed by atoms with Gasteiger partial charge in [-0.3, -0.25) is 9.59 Å². The molecule has 1 saturated heterocycles. The number of piperidine rings is 1. The van der Waals surface area contributed by atoms with Crippen molar-refractivity contribution in [3.8, 4) is 17.2 Å². The summed E-state index contributed by atoms with van der Waals surface area (Å²) < 4.78 is 25.5. The summed E-state index contributed by atoms with van der Waals surface area (Å²) in [5.74, 6) is 0.0485. The Labute approximate surface area is 175 Å². The molecule has 0 N–H and O–H groups in total. The fourth-order valence-electron chi connectivity index (χ4n) is 3.14. The van der Waals surface area contributed by atoms with E-state index in [0.29, 0.717) is 48.7 Å². The molecule has 9 nitrogen and oxygen atoms in total. The number of carbonyl (C=O) groups is 3. The topological polar surface area (TPSA) is 101 Å². The number of hydrogen-bond donors (Lipinski definition) is 0. The summed E-state index contributed by atoms with van der Waals surface area (Å²) >= 11 is 0. The molecule has 1 amide bonds. The van der Waals surface area contributed by atoms with E-state index in [1.807, 2.05) is 0 Å². The van der Waals surface area contributed by atoms with Gasteiger partial charge in [-0.05, 0) is 25.0 Å². The van der Waals surface area contributed by atoms with Gasteiger partial charge in [-0.25, -0.2) is 4.79 Å². The van der Waals surface area contributed by atoms with E-state index < -0.39 is 5.97 Å². The maximum absolute atomic E-state index is 12.2. The zero-order chi connectivity index (χ0) is 22.1. The fraction of sp³-hybridized carbons (Fsp3) is 0.476. The predicted molar refractivity (Wildman–Crippen MR) is 107 cm³/mol. The van der Waals surface area contributed by atoms with Crippen molar-refractivity contribution in [2.45, 2.75) is 12.8 Å². The first-order valence-electron chi connectivity index (χ1n) is 9.43. The largest absolute Gasteiger partial charge is 0.496 e. The molecule has 0 aliphatic carbocycles. The molecule has 9 heteroatoms. The Hall–Kier alpha value is -3.23. The van der Waals surface area contributed by atoms with Crippen LogP contribution < -0.4 is 14.2 Å². The smallest absolute Gasteiger partial charge is 0.331 e. The molecule has 0 spiro atoms. The summed E-state index contributed by atoms with van der Waals surface area (Å²) in [6.45, 7) is 0.485. The normalized spacial score (nSPS) is 14.3. The van der Waals surface area contributed by atoms with E-state index in [1.54, 1.807) is 17.0 Å². The Kier molecular flexibility index (Phi) is 8.52. The van der Waals surface area contributed by atoms with Gasteiger partial charge < -0.3 is 28.6 Å². The van der Waals surface area contributed by atoms with E-state index >= 15 is 0 Å². The minimum Gasteiger partial charge on any atom is -0.496 e. The molecule has 1 aliphatic rings. The van der Waals surface area contributed by atoms with Crippen LogP contribution in [0.3, 0.4) is 0 Å². The van der Waals surface area contributed by atoms with E-state index in [2.05, 4.69) is 0 Å². The molecule has 1 heterocycles. The molecule has 1 fully saturated rings. The van der Waals surface area contributed by atoms with Crippen LogP contribution in [0.4, 0.5) is 0 Å². The highest BCUT2D eigenvalue weighted by molar-refractivity contribution is 5.90. The molecule has 1 aliphatic heterocycles. The van der Waals surface area contributed by atoms with Gasteiger partial charge in [-0.15, -0.1) is 0 Å².